The normalized spacial score (nSPS) is 10.2. The van der Waals surface area contributed by atoms with Crippen molar-refractivity contribution in [3.8, 4) is 0 Å². The van der Waals surface area contributed by atoms with Crippen molar-refractivity contribution in [3.63, 3.8) is 0 Å². The summed E-state index contributed by atoms with van der Waals surface area (Å²) in [6.07, 6.45) is 0. The highest BCUT2D eigenvalue weighted by atomic mass is 35.5. The van der Waals surface area contributed by atoms with Crippen LogP contribution in [0.3, 0.4) is 0 Å². The summed E-state index contributed by atoms with van der Waals surface area (Å²) >= 11 is 5.94. The van der Waals surface area contributed by atoms with Crippen LogP contribution in [0.5, 0.6) is 0 Å². The van der Waals surface area contributed by atoms with Crippen LogP contribution >= 0.6 is 11.6 Å². The van der Waals surface area contributed by atoms with Crippen LogP contribution in [0.2, 0.25) is 5.02 Å². The number of carbonyl (C=O) groups is 2. The number of ether oxygens (including phenoxy) is 2. The second-order valence-corrected chi connectivity index (χ2v) is 4.62. The number of amides is 2. The summed E-state index contributed by atoms with van der Waals surface area (Å²) in [7, 11) is 3.06. The Bertz CT molecular complexity index is 474. The first kappa shape index (κ1) is 17.4. The quantitative estimate of drug-likeness (QED) is 0.773. The molecule has 0 aliphatic rings. The monoisotopic (exact) mass is 314 g/mol. The van der Waals surface area contributed by atoms with Crippen LogP contribution in [0.25, 0.3) is 0 Å². The highest BCUT2D eigenvalue weighted by Gasteiger charge is 2.22. The number of methoxy groups -OCH3 is 2. The number of nitrogens with one attached hydrogen (secondary N) is 1. The third-order valence-electron chi connectivity index (χ3n) is 2.73. The lowest BCUT2D eigenvalue weighted by Gasteiger charge is -2.21. The van der Waals surface area contributed by atoms with Crippen molar-refractivity contribution in [2.75, 3.05) is 45.8 Å². The summed E-state index contributed by atoms with van der Waals surface area (Å²) < 4.78 is 9.86. The van der Waals surface area contributed by atoms with E-state index in [1.54, 1.807) is 24.3 Å². The molecule has 21 heavy (non-hydrogen) atoms. The predicted molar refractivity (Wildman–Crippen MR) is 80.4 cm³/mol. The maximum atomic E-state index is 12.1. The minimum atomic E-state index is -0.740. The van der Waals surface area contributed by atoms with Gasteiger partial charge >= 0.3 is 11.8 Å². The largest absolute Gasteiger partial charge is 0.383 e. The molecular weight excluding hydrogens is 296 g/mol. The van der Waals surface area contributed by atoms with E-state index >= 15 is 0 Å². The number of para-hydroxylation sites is 1. The zero-order valence-corrected chi connectivity index (χ0v) is 12.9. The van der Waals surface area contributed by atoms with Crippen LogP contribution in [-0.4, -0.2) is 57.2 Å². The van der Waals surface area contributed by atoms with Gasteiger partial charge in [-0.3, -0.25) is 9.59 Å². The molecule has 0 aromatic heterocycles. The first-order valence-electron chi connectivity index (χ1n) is 6.42. The van der Waals surface area contributed by atoms with Crippen molar-refractivity contribution in [1.82, 2.24) is 4.90 Å². The van der Waals surface area contributed by atoms with Crippen LogP contribution in [0.1, 0.15) is 0 Å². The van der Waals surface area contributed by atoms with Crippen molar-refractivity contribution in [2.45, 2.75) is 0 Å². The molecule has 0 aliphatic heterocycles. The van der Waals surface area contributed by atoms with E-state index in [0.29, 0.717) is 37.0 Å². The third kappa shape index (κ3) is 5.71. The molecule has 1 aromatic carbocycles. The minimum Gasteiger partial charge on any atom is -0.383 e. The molecule has 0 bridgehead atoms. The molecule has 1 aromatic rings. The van der Waals surface area contributed by atoms with E-state index in [2.05, 4.69) is 5.32 Å². The molecule has 2 amide bonds. The average molecular weight is 315 g/mol. The summed E-state index contributed by atoms with van der Waals surface area (Å²) in [6.45, 7) is 1.31. The van der Waals surface area contributed by atoms with Crippen molar-refractivity contribution in [2.24, 2.45) is 0 Å². The second kappa shape index (κ2) is 9.33. The van der Waals surface area contributed by atoms with Crippen molar-refractivity contribution >= 4 is 29.1 Å². The molecular formula is C14H19ClN2O4. The molecule has 7 heteroatoms. The van der Waals surface area contributed by atoms with Gasteiger partial charge in [-0.2, -0.15) is 0 Å². The molecule has 0 heterocycles. The average Bonchev–Trinajstić information content (AvgIpc) is 2.49. The Morgan fingerprint density at radius 2 is 1.71 bits per heavy atom. The van der Waals surface area contributed by atoms with Crippen LogP contribution in [0, 0.1) is 0 Å². The first-order chi connectivity index (χ1) is 10.1. The predicted octanol–water partition coefficient (Wildman–Crippen LogP) is 1.40. The van der Waals surface area contributed by atoms with Gasteiger partial charge in [0.25, 0.3) is 0 Å². The number of benzene rings is 1. The van der Waals surface area contributed by atoms with Crippen molar-refractivity contribution in [1.29, 1.82) is 0 Å². The smallest absolute Gasteiger partial charge is 0.313 e. The van der Waals surface area contributed by atoms with Gasteiger partial charge in [-0.05, 0) is 12.1 Å². The summed E-state index contributed by atoms with van der Waals surface area (Å²) in [5.74, 6) is -1.39. The molecule has 0 unspecified atom stereocenters. The second-order valence-electron chi connectivity index (χ2n) is 4.21. The van der Waals surface area contributed by atoms with E-state index in [1.807, 2.05) is 0 Å². The van der Waals surface area contributed by atoms with Crippen LogP contribution in [-0.2, 0) is 19.1 Å². The van der Waals surface area contributed by atoms with Gasteiger partial charge in [0.2, 0.25) is 0 Å². The molecule has 6 nitrogen and oxygen atoms in total. The number of hydrogen-bond donors (Lipinski definition) is 1. The van der Waals surface area contributed by atoms with Gasteiger partial charge < -0.3 is 19.7 Å². The molecule has 0 fully saturated rings. The van der Waals surface area contributed by atoms with Gasteiger partial charge in [0.15, 0.2) is 0 Å². The number of hydrogen-bond acceptors (Lipinski definition) is 4. The van der Waals surface area contributed by atoms with Gasteiger partial charge in [-0.1, -0.05) is 23.7 Å². The molecule has 1 N–H and O–H groups in total. The molecule has 0 radical (unpaired) electrons. The Balaban J connectivity index is 2.68. The molecule has 0 saturated carbocycles. The van der Waals surface area contributed by atoms with Crippen molar-refractivity contribution < 1.29 is 19.1 Å². The summed E-state index contributed by atoms with van der Waals surface area (Å²) in [4.78, 5) is 25.5. The Morgan fingerprint density at radius 1 is 1.14 bits per heavy atom. The summed E-state index contributed by atoms with van der Waals surface area (Å²) in [6, 6.07) is 6.72. The Labute approximate surface area is 129 Å². The molecule has 0 spiro atoms. The van der Waals surface area contributed by atoms with E-state index < -0.39 is 11.8 Å². The number of carbonyl (C=O) groups excluding carboxylic acids is 2. The van der Waals surface area contributed by atoms with Crippen LogP contribution in [0.4, 0.5) is 5.69 Å². The number of anilines is 1. The van der Waals surface area contributed by atoms with E-state index in [-0.39, 0.29) is 0 Å². The van der Waals surface area contributed by atoms with E-state index in [9.17, 15) is 9.59 Å². The third-order valence-corrected chi connectivity index (χ3v) is 3.06. The first-order valence-corrected chi connectivity index (χ1v) is 6.80. The highest BCUT2D eigenvalue weighted by molar-refractivity contribution is 6.41. The lowest BCUT2D eigenvalue weighted by molar-refractivity contribution is -0.144. The Hall–Kier alpha value is -1.63. The van der Waals surface area contributed by atoms with Gasteiger partial charge in [-0.25, -0.2) is 0 Å². The molecule has 1 rings (SSSR count). The Kier molecular flexibility index (Phi) is 7.74. The lowest BCUT2D eigenvalue weighted by Crippen LogP contribution is -2.43. The lowest BCUT2D eigenvalue weighted by atomic mass is 10.3. The maximum absolute atomic E-state index is 12.1. The number of halogens is 1. The van der Waals surface area contributed by atoms with E-state index in [1.165, 1.54) is 19.1 Å². The van der Waals surface area contributed by atoms with Crippen LogP contribution < -0.4 is 5.32 Å². The topological polar surface area (TPSA) is 67.9 Å². The SMILES string of the molecule is COCCN(CCOC)C(=O)C(=O)Nc1ccccc1Cl. The standard InChI is InChI=1S/C14H19ClN2O4/c1-20-9-7-17(8-10-21-2)14(19)13(18)16-12-6-4-3-5-11(12)15/h3-6H,7-10H2,1-2H3,(H,16,18). The number of nitrogens with zero attached hydrogens (tertiary/aromatic N) is 1. The minimum absolute atomic E-state index is 0.314. The number of rotatable bonds is 7. The fourth-order valence-electron chi connectivity index (χ4n) is 1.60. The maximum Gasteiger partial charge on any atom is 0.313 e. The highest BCUT2D eigenvalue weighted by Crippen LogP contribution is 2.20. The summed E-state index contributed by atoms with van der Waals surface area (Å²) in [5, 5.41) is 2.87. The zero-order valence-electron chi connectivity index (χ0n) is 12.1. The van der Waals surface area contributed by atoms with Gasteiger partial charge in [0.05, 0.1) is 23.9 Å². The molecule has 0 aliphatic carbocycles. The van der Waals surface area contributed by atoms with E-state index in [4.69, 9.17) is 21.1 Å². The van der Waals surface area contributed by atoms with E-state index in [0.717, 1.165) is 0 Å². The zero-order chi connectivity index (χ0) is 15.7. The van der Waals surface area contributed by atoms with Crippen LogP contribution in [0.15, 0.2) is 24.3 Å². The Morgan fingerprint density at radius 3 is 2.24 bits per heavy atom. The van der Waals surface area contributed by atoms with Crippen molar-refractivity contribution in [3.05, 3.63) is 29.3 Å². The fourth-order valence-corrected chi connectivity index (χ4v) is 1.78. The molecule has 0 atom stereocenters. The van der Waals surface area contributed by atoms with Gasteiger partial charge in [0, 0.05) is 27.3 Å². The van der Waals surface area contributed by atoms with Gasteiger partial charge in [-0.15, -0.1) is 0 Å². The molecule has 0 saturated heterocycles. The van der Waals surface area contributed by atoms with Gasteiger partial charge in [0.1, 0.15) is 0 Å². The molecule has 116 valence electrons. The fraction of sp³-hybridized carbons (Fsp3) is 0.429. The summed E-state index contributed by atoms with van der Waals surface area (Å²) in [5.41, 5.74) is 0.399.